The van der Waals surface area contributed by atoms with E-state index in [4.69, 9.17) is 4.74 Å². The molecule has 0 bridgehead atoms. The number of carbonyl (C=O) groups excluding carboxylic acids is 2. The fourth-order valence-corrected chi connectivity index (χ4v) is 4.64. The van der Waals surface area contributed by atoms with Gasteiger partial charge in [-0.2, -0.15) is 4.31 Å². The van der Waals surface area contributed by atoms with Gasteiger partial charge in [0.2, 0.25) is 10.0 Å². The lowest BCUT2D eigenvalue weighted by molar-refractivity contribution is -0.156. The number of amides is 1. The van der Waals surface area contributed by atoms with E-state index in [1.807, 2.05) is 6.92 Å². The van der Waals surface area contributed by atoms with Crippen molar-refractivity contribution in [3.8, 4) is 0 Å². The summed E-state index contributed by atoms with van der Waals surface area (Å²) in [5, 5.41) is 0. The van der Waals surface area contributed by atoms with E-state index in [2.05, 4.69) is 6.58 Å². The average molecular weight is 445 g/mol. The third-order valence-electron chi connectivity index (χ3n) is 4.85. The lowest BCUT2D eigenvalue weighted by Crippen LogP contribution is -2.41. The second kappa shape index (κ2) is 10.1. The molecule has 0 radical (unpaired) electrons. The molecule has 166 valence electrons. The highest BCUT2D eigenvalue weighted by Crippen LogP contribution is 2.25. The molecule has 0 saturated carbocycles. The van der Waals surface area contributed by atoms with Gasteiger partial charge in [0.05, 0.1) is 10.8 Å². The van der Waals surface area contributed by atoms with E-state index in [-0.39, 0.29) is 43.3 Å². The van der Waals surface area contributed by atoms with Gasteiger partial charge in [-0.3, -0.25) is 9.59 Å². The van der Waals surface area contributed by atoms with Crippen molar-refractivity contribution in [2.24, 2.45) is 5.92 Å². The zero-order valence-electron chi connectivity index (χ0n) is 17.1. The van der Waals surface area contributed by atoms with Crippen molar-refractivity contribution in [1.29, 1.82) is 0 Å². The first-order chi connectivity index (χ1) is 14.1. The summed E-state index contributed by atoms with van der Waals surface area (Å²) in [7, 11) is -4.00. The molecule has 0 aliphatic carbocycles. The van der Waals surface area contributed by atoms with Gasteiger partial charge >= 0.3 is 5.97 Å². The first-order valence-corrected chi connectivity index (χ1v) is 11.0. The molecule has 1 aliphatic heterocycles. The molecule has 0 spiro atoms. The van der Waals surface area contributed by atoms with Crippen molar-refractivity contribution in [1.82, 2.24) is 9.21 Å². The second-order valence-electron chi connectivity index (χ2n) is 7.23. The molecule has 1 aliphatic rings. The molecule has 1 fully saturated rings. The van der Waals surface area contributed by atoms with Crippen LogP contribution in [0, 0.1) is 17.6 Å². The van der Waals surface area contributed by atoms with Crippen molar-refractivity contribution in [3.63, 3.8) is 0 Å². The molecule has 30 heavy (non-hydrogen) atoms. The zero-order valence-corrected chi connectivity index (χ0v) is 17.9. The average Bonchev–Trinajstić information content (AvgIpc) is 2.71. The molecule has 1 aromatic carbocycles. The highest BCUT2D eigenvalue weighted by Gasteiger charge is 2.33. The summed E-state index contributed by atoms with van der Waals surface area (Å²) in [5.41, 5.74) is 0.811. The first kappa shape index (κ1) is 23.9. The number of benzene rings is 1. The summed E-state index contributed by atoms with van der Waals surface area (Å²) in [6.07, 6.45) is 0.415. The van der Waals surface area contributed by atoms with Crippen LogP contribution in [0.1, 0.15) is 26.7 Å². The van der Waals surface area contributed by atoms with Crippen molar-refractivity contribution in [2.45, 2.75) is 31.6 Å². The first-order valence-electron chi connectivity index (χ1n) is 9.60. The fraction of sp³-hybridized carbons (Fsp3) is 0.500. The van der Waals surface area contributed by atoms with E-state index in [1.165, 1.54) is 4.90 Å². The molecule has 0 unspecified atom stereocenters. The van der Waals surface area contributed by atoms with Gasteiger partial charge in [0.15, 0.2) is 18.2 Å². The van der Waals surface area contributed by atoms with E-state index in [1.54, 1.807) is 6.92 Å². The van der Waals surface area contributed by atoms with E-state index >= 15 is 0 Å². The fourth-order valence-electron chi connectivity index (χ4n) is 3.16. The predicted octanol–water partition coefficient (Wildman–Crippen LogP) is 2.33. The number of likely N-dealkylation sites (N-methyl/N-ethyl adjacent to an activating group) is 1. The highest BCUT2D eigenvalue weighted by molar-refractivity contribution is 7.89. The summed E-state index contributed by atoms with van der Waals surface area (Å²) in [4.78, 5) is 25.6. The molecule has 7 nitrogen and oxygen atoms in total. The number of nitrogens with zero attached hydrogens (tertiary/aromatic N) is 2. The zero-order chi connectivity index (χ0) is 22.5. The van der Waals surface area contributed by atoms with Crippen LogP contribution in [0.25, 0.3) is 0 Å². The monoisotopic (exact) mass is 444 g/mol. The van der Waals surface area contributed by atoms with Crippen molar-refractivity contribution in [2.75, 3.05) is 32.8 Å². The predicted molar refractivity (Wildman–Crippen MR) is 106 cm³/mol. The maximum absolute atomic E-state index is 13.4. The van der Waals surface area contributed by atoms with Crippen molar-refractivity contribution >= 4 is 21.9 Å². The number of carbonyl (C=O) groups is 2. The van der Waals surface area contributed by atoms with Crippen LogP contribution in [0.15, 0.2) is 35.2 Å². The third-order valence-corrected chi connectivity index (χ3v) is 6.74. The van der Waals surface area contributed by atoms with Gasteiger partial charge in [-0.05, 0) is 44.9 Å². The lowest BCUT2D eigenvalue weighted by Gasteiger charge is -2.30. The molecule has 1 aromatic rings. The van der Waals surface area contributed by atoms with E-state index in [0.717, 1.165) is 22.0 Å². The van der Waals surface area contributed by atoms with Gasteiger partial charge in [0.1, 0.15) is 0 Å². The number of sulfonamides is 1. The number of halogens is 2. The highest BCUT2D eigenvalue weighted by atomic mass is 32.2. The number of hydrogen-bond donors (Lipinski definition) is 0. The van der Waals surface area contributed by atoms with Gasteiger partial charge in [0.25, 0.3) is 5.91 Å². The molecule has 1 amide bonds. The second-order valence-corrected chi connectivity index (χ2v) is 9.16. The van der Waals surface area contributed by atoms with Crippen molar-refractivity contribution in [3.05, 3.63) is 42.0 Å². The largest absolute Gasteiger partial charge is 0.455 e. The molecule has 0 aromatic heterocycles. The van der Waals surface area contributed by atoms with E-state index in [9.17, 15) is 26.8 Å². The molecule has 2 rings (SSSR count). The number of hydrogen-bond acceptors (Lipinski definition) is 5. The Morgan fingerprint density at radius 3 is 2.40 bits per heavy atom. The third kappa shape index (κ3) is 5.85. The standard InChI is InChI=1S/C20H26F2N2O5S/c1-4-23(12-14(2)3)19(25)13-29-20(26)15-7-9-24(10-8-15)30(27,28)16-5-6-17(21)18(22)11-16/h5-6,11,15H,2,4,7-10,12-13H2,1,3H3. The van der Waals surface area contributed by atoms with Crippen LogP contribution < -0.4 is 0 Å². The molecule has 1 heterocycles. The molecular weight excluding hydrogens is 418 g/mol. The molecule has 1 saturated heterocycles. The van der Waals surface area contributed by atoms with Crippen molar-refractivity contribution < 1.29 is 31.5 Å². The Kier molecular flexibility index (Phi) is 8.08. The summed E-state index contributed by atoms with van der Waals surface area (Å²) in [5.74, 6) is -3.79. The minimum atomic E-state index is -4.00. The van der Waals surface area contributed by atoms with E-state index in [0.29, 0.717) is 19.2 Å². The Morgan fingerprint density at radius 2 is 1.87 bits per heavy atom. The maximum atomic E-state index is 13.4. The number of ether oxygens (including phenoxy) is 1. The number of rotatable bonds is 8. The van der Waals surface area contributed by atoms with Crippen LogP contribution in [0.4, 0.5) is 8.78 Å². The smallest absolute Gasteiger partial charge is 0.309 e. The van der Waals surface area contributed by atoms with Gasteiger partial charge < -0.3 is 9.64 Å². The van der Waals surface area contributed by atoms with Crippen LogP contribution >= 0.6 is 0 Å². The summed E-state index contributed by atoms with van der Waals surface area (Å²) in [6, 6.07) is 2.40. The Labute approximate surface area is 175 Å². The summed E-state index contributed by atoms with van der Waals surface area (Å²) < 4.78 is 57.9. The van der Waals surface area contributed by atoms with Gasteiger partial charge in [-0.1, -0.05) is 12.2 Å². The Hall–Kier alpha value is -2.33. The Bertz CT molecular complexity index is 912. The van der Waals surface area contributed by atoms with Gasteiger partial charge in [-0.15, -0.1) is 0 Å². The van der Waals surface area contributed by atoms with Crippen LogP contribution in [-0.4, -0.2) is 62.3 Å². The van der Waals surface area contributed by atoms with Crippen LogP contribution in [-0.2, 0) is 24.3 Å². The molecule has 0 N–H and O–H groups in total. The maximum Gasteiger partial charge on any atom is 0.309 e. The molecule has 0 atom stereocenters. The topological polar surface area (TPSA) is 84.0 Å². The van der Waals surface area contributed by atoms with Crippen LogP contribution in [0.5, 0.6) is 0 Å². The summed E-state index contributed by atoms with van der Waals surface area (Å²) in [6.45, 7) is 7.89. The minimum Gasteiger partial charge on any atom is -0.455 e. The molecule has 10 heteroatoms. The normalized spacial score (nSPS) is 15.6. The Balaban J connectivity index is 1.90. The van der Waals surface area contributed by atoms with Gasteiger partial charge in [-0.25, -0.2) is 17.2 Å². The van der Waals surface area contributed by atoms with Crippen LogP contribution in [0.2, 0.25) is 0 Å². The summed E-state index contributed by atoms with van der Waals surface area (Å²) >= 11 is 0. The molecular formula is C20H26F2N2O5S. The quantitative estimate of drug-likeness (QED) is 0.454. The number of esters is 1. The van der Waals surface area contributed by atoms with Gasteiger partial charge in [0, 0.05) is 26.2 Å². The lowest BCUT2D eigenvalue weighted by atomic mass is 9.98. The Morgan fingerprint density at radius 1 is 1.23 bits per heavy atom. The van der Waals surface area contributed by atoms with Crippen LogP contribution in [0.3, 0.4) is 0 Å². The van der Waals surface area contributed by atoms with E-state index < -0.39 is 33.5 Å². The SMILES string of the molecule is C=C(C)CN(CC)C(=O)COC(=O)C1CCN(S(=O)(=O)c2ccc(F)c(F)c2)CC1. The minimum absolute atomic E-state index is 0.0335. The number of piperidine rings is 1.